The molecule has 0 saturated carbocycles. The number of amides is 3. The van der Waals surface area contributed by atoms with E-state index in [0.29, 0.717) is 5.56 Å². The molecule has 0 radical (unpaired) electrons. The summed E-state index contributed by atoms with van der Waals surface area (Å²) in [6.07, 6.45) is 0.653. The lowest BCUT2D eigenvalue weighted by Gasteiger charge is -2.11. The standard InChI is InChI=1S/C17H22N2O5/c1-3-4-12-5-7-13(8-6-12)14(20)9-10-15(21)24-11(2)16(22)19-17(18)23/h5-8,11H,3-4,9-10H2,1-2H3,(H3,18,19,22,23)/t11-/m1/s1. The number of carbonyl (C=O) groups excluding carboxylic acids is 4. The van der Waals surface area contributed by atoms with Crippen LogP contribution in [0.15, 0.2) is 24.3 Å². The Hall–Kier alpha value is -2.70. The monoisotopic (exact) mass is 334 g/mol. The number of rotatable bonds is 8. The summed E-state index contributed by atoms with van der Waals surface area (Å²) in [5, 5.41) is 1.81. The fraction of sp³-hybridized carbons (Fsp3) is 0.412. The number of nitrogens with one attached hydrogen (secondary N) is 1. The highest BCUT2D eigenvalue weighted by molar-refractivity contribution is 5.98. The smallest absolute Gasteiger partial charge is 0.318 e. The second kappa shape index (κ2) is 9.44. The van der Waals surface area contributed by atoms with Crippen molar-refractivity contribution in [3.8, 4) is 0 Å². The molecule has 0 fully saturated rings. The van der Waals surface area contributed by atoms with Gasteiger partial charge in [0.15, 0.2) is 11.9 Å². The summed E-state index contributed by atoms with van der Waals surface area (Å²) in [6, 6.07) is 6.24. The SMILES string of the molecule is CCCc1ccc(C(=O)CCC(=O)O[C@H](C)C(=O)NC(N)=O)cc1. The predicted octanol–water partition coefficient (Wildman–Crippen LogP) is 1.73. The van der Waals surface area contributed by atoms with E-state index in [4.69, 9.17) is 10.5 Å². The summed E-state index contributed by atoms with van der Waals surface area (Å²) in [6.45, 7) is 3.39. The lowest BCUT2D eigenvalue weighted by molar-refractivity contribution is -0.154. The van der Waals surface area contributed by atoms with E-state index in [1.807, 2.05) is 17.4 Å². The zero-order chi connectivity index (χ0) is 18.1. The van der Waals surface area contributed by atoms with Gasteiger partial charge in [0.25, 0.3) is 5.91 Å². The van der Waals surface area contributed by atoms with Crippen molar-refractivity contribution >= 4 is 23.7 Å². The number of primary amides is 1. The maximum absolute atomic E-state index is 12.0. The van der Waals surface area contributed by atoms with Crippen LogP contribution in [-0.4, -0.2) is 29.8 Å². The lowest BCUT2D eigenvalue weighted by Crippen LogP contribution is -2.42. The molecule has 1 rings (SSSR count). The van der Waals surface area contributed by atoms with E-state index in [-0.39, 0.29) is 18.6 Å². The van der Waals surface area contributed by atoms with Gasteiger partial charge in [-0.25, -0.2) is 4.79 Å². The predicted molar refractivity (Wildman–Crippen MR) is 87.3 cm³/mol. The van der Waals surface area contributed by atoms with Crippen molar-refractivity contribution in [3.05, 3.63) is 35.4 Å². The second-order valence-corrected chi connectivity index (χ2v) is 5.36. The Labute approximate surface area is 140 Å². The lowest BCUT2D eigenvalue weighted by atomic mass is 10.0. The molecule has 7 heteroatoms. The molecule has 130 valence electrons. The molecule has 7 nitrogen and oxygen atoms in total. The number of imide groups is 1. The van der Waals surface area contributed by atoms with Gasteiger partial charge in [0.2, 0.25) is 0 Å². The van der Waals surface area contributed by atoms with Crippen LogP contribution in [0.3, 0.4) is 0 Å². The van der Waals surface area contributed by atoms with E-state index >= 15 is 0 Å². The van der Waals surface area contributed by atoms with E-state index < -0.39 is 24.0 Å². The van der Waals surface area contributed by atoms with Gasteiger partial charge in [-0.2, -0.15) is 0 Å². The molecule has 0 bridgehead atoms. The van der Waals surface area contributed by atoms with Crippen molar-refractivity contribution < 1.29 is 23.9 Å². The molecule has 0 heterocycles. The van der Waals surface area contributed by atoms with Crippen LogP contribution in [0.5, 0.6) is 0 Å². The van der Waals surface area contributed by atoms with Crippen LogP contribution in [0.4, 0.5) is 4.79 Å². The molecule has 0 unspecified atom stereocenters. The third kappa shape index (κ3) is 6.60. The molecule has 0 aliphatic heterocycles. The Morgan fingerprint density at radius 1 is 1.12 bits per heavy atom. The minimum Gasteiger partial charge on any atom is -0.453 e. The van der Waals surface area contributed by atoms with E-state index in [0.717, 1.165) is 18.4 Å². The Bertz CT molecular complexity index is 610. The Kier molecular flexibility index (Phi) is 7.61. The Morgan fingerprint density at radius 2 is 1.75 bits per heavy atom. The van der Waals surface area contributed by atoms with E-state index in [1.54, 1.807) is 12.1 Å². The molecule has 24 heavy (non-hydrogen) atoms. The normalized spacial score (nSPS) is 11.4. The maximum atomic E-state index is 12.0. The summed E-state index contributed by atoms with van der Waals surface area (Å²) in [5.74, 6) is -1.68. The van der Waals surface area contributed by atoms with Crippen molar-refractivity contribution in [2.45, 2.75) is 45.6 Å². The fourth-order valence-corrected chi connectivity index (χ4v) is 2.04. The van der Waals surface area contributed by atoms with E-state index in [9.17, 15) is 19.2 Å². The molecule has 3 amide bonds. The van der Waals surface area contributed by atoms with Gasteiger partial charge in [-0.1, -0.05) is 37.6 Å². The average Bonchev–Trinajstić information content (AvgIpc) is 2.53. The molecule has 1 aromatic rings. The van der Waals surface area contributed by atoms with Crippen LogP contribution >= 0.6 is 0 Å². The minimum absolute atomic E-state index is 0.0177. The first kappa shape index (κ1) is 19.3. The van der Waals surface area contributed by atoms with E-state index in [1.165, 1.54) is 6.92 Å². The molecule has 3 N–H and O–H groups in total. The van der Waals surface area contributed by atoms with Crippen LogP contribution < -0.4 is 11.1 Å². The highest BCUT2D eigenvalue weighted by atomic mass is 16.5. The molecule has 0 saturated heterocycles. The summed E-state index contributed by atoms with van der Waals surface area (Å²) < 4.78 is 4.84. The highest BCUT2D eigenvalue weighted by Gasteiger charge is 2.19. The number of ketones is 1. The van der Waals surface area contributed by atoms with E-state index in [2.05, 4.69) is 6.92 Å². The first-order valence-electron chi connectivity index (χ1n) is 7.75. The molecule has 0 aliphatic carbocycles. The number of nitrogens with two attached hydrogens (primary N) is 1. The van der Waals surface area contributed by atoms with Crippen molar-refractivity contribution in [2.24, 2.45) is 5.73 Å². The Morgan fingerprint density at radius 3 is 2.29 bits per heavy atom. The number of ether oxygens (including phenoxy) is 1. The average molecular weight is 334 g/mol. The molecular weight excluding hydrogens is 312 g/mol. The van der Waals surface area contributed by atoms with Gasteiger partial charge >= 0.3 is 12.0 Å². The summed E-state index contributed by atoms with van der Waals surface area (Å²) >= 11 is 0. The molecule has 0 spiro atoms. The van der Waals surface area contributed by atoms with Crippen LogP contribution in [-0.2, 0) is 20.7 Å². The van der Waals surface area contributed by atoms with Gasteiger partial charge in [0.05, 0.1) is 6.42 Å². The number of carbonyl (C=O) groups is 4. The van der Waals surface area contributed by atoms with Gasteiger partial charge < -0.3 is 10.5 Å². The third-order valence-electron chi connectivity index (χ3n) is 3.29. The summed E-state index contributed by atoms with van der Waals surface area (Å²) in [5.41, 5.74) is 6.48. The topological polar surface area (TPSA) is 116 Å². The number of esters is 1. The van der Waals surface area contributed by atoms with Gasteiger partial charge in [-0.15, -0.1) is 0 Å². The van der Waals surface area contributed by atoms with Gasteiger partial charge in [0.1, 0.15) is 0 Å². The zero-order valence-corrected chi connectivity index (χ0v) is 13.8. The van der Waals surface area contributed by atoms with Gasteiger partial charge in [-0.05, 0) is 18.9 Å². The summed E-state index contributed by atoms with van der Waals surface area (Å²) in [4.78, 5) is 45.6. The zero-order valence-electron chi connectivity index (χ0n) is 13.8. The van der Waals surface area contributed by atoms with Gasteiger partial charge in [-0.3, -0.25) is 19.7 Å². The number of hydrogen-bond donors (Lipinski definition) is 2. The van der Waals surface area contributed by atoms with Crippen LogP contribution in [0.2, 0.25) is 0 Å². The van der Waals surface area contributed by atoms with Crippen molar-refractivity contribution in [2.75, 3.05) is 0 Å². The number of benzene rings is 1. The van der Waals surface area contributed by atoms with Crippen molar-refractivity contribution in [1.82, 2.24) is 5.32 Å². The molecule has 1 aromatic carbocycles. The minimum atomic E-state index is -1.16. The van der Waals surface area contributed by atoms with Crippen LogP contribution in [0.1, 0.15) is 49.0 Å². The Balaban J connectivity index is 2.44. The van der Waals surface area contributed by atoms with Crippen LogP contribution in [0, 0.1) is 0 Å². The molecular formula is C17H22N2O5. The summed E-state index contributed by atoms with van der Waals surface area (Å²) in [7, 11) is 0. The molecule has 0 aliphatic rings. The second-order valence-electron chi connectivity index (χ2n) is 5.36. The molecule has 0 aromatic heterocycles. The quantitative estimate of drug-likeness (QED) is 0.555. The van der Waals surface area contributed by atoms with Crippen LogP contribution in [0.25, 0.3) is 0 Å². The number of hydrogen-bond acceptors (Lipinski definition) is 5. The van der Waals surface area contributed by atoms with Crippen molar-refractivity contribution in [3.63, 3.8) is 0 Å². The first-order valence-corrected chi connectivity index (χ1v) is 7.75. The van der Waals surface area contributed by atoms with Crippen molar-refractivity contribution in [1.29, 1.82) is 0 Å². The van der Waals surface area contributed by atoms with Gasteiger partial charge in [0, 0.05) is 12.0 Å². The number of urea groups is 1. The highest BCUT2D eigenvalue weighted by Crippen LogP contribution is 2.10. The largest absolute Gasteiger partial charge is 0.453 e. The maximum Gasteiger partial charge on any atom is 0.318 e. The number of aryl methyl sites for hydroxylation is 1. The fourth-order valence-electron chi connectivity index (χ4n) is 2.04. The number of Topliss-reactive ketones (excluding diaryl/α,β-unsaturated/α-hetero) is 1. The molecule has 1 atom stereocenters. The first-order chi connectivity index (χ1) is 11.3. The third-order valence-corrected chi connectivity index (χ3v) is 3.29.